The summed E-state index contributed by atoms with van der Waals surface area (Å²) in [6.45, 7) is 0.421. The summed E-state index contributed by atoms with van der Waals surface area (Å²) in [4.78, 5) is 15.9. The Balaban J connectivity index is 1.62. The standard InChI is InChI=1S/C26H23F3N2O/c27-26(28,29)23-12-6-4-10-19(23)21(22-17-31-24-13-7-5-11-20(22)24)16-25(32)30-15-14-18-8-2-1-3-9-18/h1-13,17,21,31H,14-16H2,(H,30,32)/t21-/m1/s1. The molecule has 3 nitrogen and oxygen atoms in total. The van der Waals surface area contributed by atoms with Crippen molar-refractivity contribution in [2.45, 2.75) is 24.9 Å². The van der Waals surface area contributed by atoms with Crippen LogP contribution >= 0.6 is 0 Å². The van der Waals surface area contributed by atoms with E-state index < -0.39 is 17.7 Å². The van der Waals surface area contributed by atoms with Gasteiger partial charge in [0.15, 0.2) is 0 Å². The van der Waals surface area contributed by atoms with E-state index in [0.29, 0.717) is 18.5 Å². The number of carbonyl (C=O) groups excluding carboxylic acids is 1. The number of aromatic amines is 1. The fourth-order valence-corrected chi connectivity index (χ4v) is 4.08. The second-order valence-electron chi connectivity index (χ2n) is 7.72. The molecule has 0 aliphatic rings. The lowest BCUT2D eigenvalue weighted by Gasteiger charge is -2.21. The maximum absolute atomic E-state index is 13.8. The molecular weight excluding hydrogens is 413 g/mol. The SMILES string of the molecule is O=C(C[C@H](c1ccccc1C(F)(F)F)c1c[nH]c2ccccc12)NCCc1ccccc1. The third kappa shape index (κ3) is 4.85. The Bertz CT molecular complexity index is 1200. The molecule has 0 spiro atoms. The lowest BCUT2D eigenvalue weighted by molar-refractivity contribution is -0.138. The fourth-order valence-electron chi connectivity index (χ4n) is 4.08. The highest BCUT2D eigenvalue weighted by molar-refractivity contribution is 5.86. The van der Waals surface area contributed by atoms with Gasteiger partial charge in [-0.25, -0.2) is 0 Å². The number of hydrogen-bond acceptors (Lipinski definition) is 1. The molecule has 32 heavy (non-hydrogen) atoms. The predicted molar refractivity (Wildman–Crippen MR) is 119 cm³/mol. The van der Waals surface area contributed by atoms with E-state index in [-0.39, 0.29) is 17.9 Å². The number of carbonyl (C=O) groups is 1. The molecule has 0 saturated carbocycles. The van der Waals surface area contributed by atoms with Crippen molar-refractivity contribution in [3.05, 3.63) is 107 Å². The van der Waals surface area contributed by atoms with E-state index in [2.05, 4.69) is 10.3 Å². The van der Waals surface area contributed by atoms with Crippen molar-refractivity contribution < 1.29 is 18.0 Å². The second kappa shape index (κ2) is 9.30. The molecule has 0 fully saturated rings. The van der Waals surface area contributed by atoms with Crippen LogP contribution in [0.2, 0.25) is 0 Å². The smallest absolute Gasteiger partial charge is 0.361 e. The summed E-state index contributed by atoms with van der Waals surface area (Å²) in [5, 5.41) is 3.68. The van der Waals surface area contributed by atoms with Gasteiger partial charge in [-0.2, -0.15) is 13.2 Å². The minimum Gasteiger partial charge on any atom is -0.361 e. The highest BCUT2D eigenvalue weighted by atomic mass is 19.4. The lowest BCUT2D eigenvalue weighted by Crippen LogP contribution is -2.28. The molecule has 2 N–H and O–H groups in total. The summed E-state index contributed by atoms with van der Waals surface area (Å²) in [5.41, 5.74) is 1.97. The van der Waals surface area contributed by atoms with Gasteiger partial charge >= 0.3 is 6.18 Å². The number of halogens is 3. The third-order valence-corrected chi connectivity index (χ3v) is 5.61. The second-order valence-corrected chi connectivity index (χ2v) is 7.72. The molecule has 164 valence electrons. The molecule has 1 aromatic heterocycles. The first kappa shape index (κ1) is 21.7. The van der Waals surface area contributed by atoms with Gasteiger partial charge in [0.2, 0.25) is 5.91 Å². The number of para-hydroxylation sites is 1. The molecule has 6 heteroatoms. The van der Waals surface area contributed by atoms with Crippen molar-refractivity contribution in [1.29, 1.82) is 0 Å². The Morgan fingerprint density at radius 1 is 0.875 bits per heavy atom. The van der Waals surface area contributed by atoms with Crippen molar-refractivity contribution in [2.24, 2.45) is 0 Å². The van der Waals surface area contributed by atoms with Gasteiger partial charge in [-0.05, 0) is 35.2 Å². The van der Waals surface area contributed by atoms with Crippen LogP contribution in [0.25, 0.3) is 10.9 Å². The zero-order valence-electron chi connectivity index (χ0n) is 17.3. The van der Waals surface area contributed by atoms with Crippen LogP contribution < -0.4 is 5.32 Å². The van der Waals surface area contributed by atoms with Crippen molar-refractivity contribution in [2.75, 3.05) is 6.54 Å². The molecule has 1 atom stereocenters. The molecular formula is C26H23F3N2O. The first-order valence-electron chi connectivity index (χ1n) is 10.5. The van der Waals surface area contributed by atoms with Gasteiger partial charge in [0.1, 0.15) is 0 Å². The van der Waals surface area contributed by atoms with E-state index in [1.165, 1.54) is 12.1 Å². The molecule has 4 aromatic rings. The van der Waals surface area contributed by atoms with Gasteiger partial charge in [-0.15, -0.1) is 0 Å². The maximum Gasteiger partial charge on any atom is 0.416 e. The third-order valence-electron chi connectivity index (χ3n) is 5.61. The van der Waals surface area contributed by atoms with Crippen LogP contribution in [-0.4, -0.2) is 17.4 Å². The van der Waals surface area contributed by atoms with Crippen LogP contribution in [0.5, 0.6) is 0 Å². The van der Waals surface area contributed by atoms with E-state index in [4.69, 9.17) is 0 Å². The van der Waals surface area contributed by atoms with Crippen LogP contribution in [0.15, 0.2) is 85.1 Å². The number of nitrogens with one attached hydrogen (secondary N) is 2. The fraction of sp³-hybridized carbons (Fsp3) is 0.192. The van der Waals surface area contributed by atoms with E-state index in [1.54, 1.807) is 12.3 Å². The molecule has 0 unspecified atom stereocenters. The molecule has 4 rings (SSSR count). The van der Waals surface area contributed by atoms with Crippen LogP contribution in [0.3, 0.4) is 0 Å². The zero-order chi connectivity index (χ0) is 22.6. The number of fused-ring (bicyclic) bond motifs is 1. The summed E-state index contributed by atoms with van der Waals surface area (Å²) in [6, 6.07) is 22.6. The van der Waals surface area contributed by atoms with Gasteiger partial charge in [0, 0.05) is 36.0 Å². The quantitative estimate of drug-likeness (QED) is 0.363. The van der Waals surface area contributed by atoms with E-state index in [9.17, 15) is 18.0 Å². The van der Waals surface area contributed by atoms with Crippen molar-refractivity contribution in [1.82, 2.24) is 10.3 Å². The van der Waals surface area contributed by atoms with Crippen molar-refractivity contribution >= 4 is 16.8 Å². The molecule has 0 aliphatic heterocycles. The van der Waals surface area contributed by atoms with E-state index in [0.717, 1.165) is 22.5 Å². The van der Waals surface area contributed by atoms with E-state index in [1.807, 2.05) is 54.6 Å². The van der Waals surface area contributed by atoms with Gasteiger partial charge < -0.3 is 10.3 Å². The maximum atomic E-state index is 13.8. The average Bonchev–Trinajstić information content (AvgIpc) is 3.22. The number of H-pyrrole nitrogens is 1. The Kier molecular flexibility index (Phi) is 6.30. The Morgan fingerprint density at radius 2 is 1.56 bits per heavy atom. The number of alkyl halides is 3. The molecule has 1 heterocycles. The van der Waals surface area contributed by atoms with Crippen LogP contribution in [0.1, 0.15) is 34.6 Å². The molecule has 0 radical (unpaired) electrons. The predicted octanol–water partition coefficient (Wildman–Crippen LogP) is 6.07. The molecule has 0 aliphatic carbocycles. The van der Waals surface area contributed by atoms with Gasteiger partial charge in [0.05, 0.1) is 5.56 Å². The van der Waals surface area contributed by atoms with Crippen molar-refractivity contribution in [3.8, 4) is 0 Å². The molecule has 0 bridgehead atoms. The summed E-state index contributed by atoms with van der Waals surface area (Å²) >= 11 is 0. The van der Waals surface area contributed by atoms with Crippen LogP contribution in [-0.2, 0) is 17.4 Å². The molecule has 3 aromatic carbocycles. The minimum atomic E-state index is -4.51. The normalized spacial score (nSPS) is 12.6. The Labute approximate surface area is 184 Å². The zero-order valence-corrected chi connectivity index (χ0v) is 17.3. The molecule has 0 saturated heterocycles. The topological polar surface area (TPSA) is 44.9 Å². The van der Waals surface area contributed by atoms with Gasteiger partial charge in [-0.3, -0.25) is 4.79 Å². The Hall–Kier alpha value is -3.54. The minimum absolute atomic E-state index is 0.0796. The van der Waals surface area contributed by atoms with Crippen LogP contribution in [0.4, 0.5) is 13.2 Å². The summed E-state index contributed by atoms with van der Waals surface area (Å²) in [7, 11) is 0. The summed E-state index contributed by atoms with van der Waals surface area (Å²) < 4.78 is 41.4. The van der Waals surface area contributed by atoms with Gasteiger partial charge in [0.25, 0.3) is 0 Å². The number of rotatable bonds is 7. The van der Waals surface area contributed by atoms with E-state index >= 15 is 0 Å². The lowest BCUT2D eigenvalue weighted by atomic mass is 9.85. The Morgan fingerprint density at radius 3 is 2.34 bits per heavy atom. The highest BCUT2D eigenvalue weighted by Crippen LogP contribution is 2.40. The number of benzene rings is 3. The largest absolute Gasteiger partial charge is 0.416 e. The summed E-state index contributed by atoms with van der Waals surface area (Å²) in [5.74, 6) is -1.02. The first-order valence-corrected chi connectivity index (χ1v) is 10.5. The number of hydrogen-bond donors (Lipinski definition) is 2. The number of aromatic nitrogens is 1. The summed E-state index contributed by atoms with van der Waals surface area (Å²) in [6.07, 6.45) is -2.22. The van der Waals surface area contributed by atoms with Crippen molar-refractivity contribution in [3.63, 3.8) is 0 Å². The average molecular weight is 436 g/mol. The van der Waals surface area contributed by atoms with Gasteiger partial charge in [-0.1, -0.05) is 66.7 Å². The molecule has 1 amide bonds. The van der Waals surface area contributed by atoms with Crippen LogP contribution in [0, 0.1) is 0 Å². The number of amides is 1. The highest BCUT2D eigenvalue weighted by Gasteiger charge is 2.36. The monoisotopic (exact) mass is 436 g/mol. The first-order chi connectivity index (χ1) is 15.4.